The Morgan fingerprint density at radius 1 is 0.819 bits per heavy atom. The summed E-state index contributed by atoms with van der Waals surface area (Å²) in [5, 5.41) is 3.59. The Labute approximate surface area is 420 Å². The number of rotatable bonds is 16. The standard InChI is InChI=1S/C53H73F3N8O8/c1-14-32(21-43(65)30(4)60(12)50(69)71-52(6,7)8)48(67)62-26-34(55)22-36(62)25-39-38-17-15-16-18-40(38)57-45(39)46-58-41-24-33(54)19-20-42(41)64(46)28-37-23-35(56)27-63(37)49(68)44(29(2)3)59-47(66)31(5)61(13)51(70)72-53(9,10)11/h15-20,24,29-32,34-37,44,57H,14,21-23,25-28H2,1-13H3,(H,59,66)/t30-,31-,32+,34-,35-,36-,37-,44-/m0/s1. The maximum absolute atomic E-state index is 15.7. The number of H-pyrrole nitrogens is 1. The number of ether oxygens (including phenoxy) is 2. The first-order valence-electron chi connectivity index (χ1n) is 25.0. The van der Waals surface area contributed by atoms with E-state index in [4.69, 9.17) is 14.5 Å². The normalized spacial score (nSPS) is 20.1. The van der Waals surface area contributed by atoms with Crippen LogP contribution in [0.1, 0.15) is 107 Å². The first kappa shape index (κ1) is 55.2. The lowest BCUT2D eigenvalue weighted by Gasteiger charge is -2.33. The molecule has 2 aromatic carbocycles. The van der Waals surface area contributed by atoms with Gasteiger partial charge < -0.3 is 39.0 Å². The van der Waals surface area contributed by atoms with E-state index in [0.29, 0.717) is 40.1 Å². The first-order valence-corrected chi connectivity index (χ1v) is 25.0. The van der Waals surface area contributed by atoms with Gasteiger partial charge in [-0.1, -0.05) is 39.0 Å². The molecule has 19 heteroatoms. The second kappa shape index (κ2) is 21.9. The van der Waals surface area contributed by atoms with Gasteiger partial charge in [-0.05, 0) is 97.9 Å². The van der Waals surface area contributed by atoms with Crippen molar-refractivity contribution in [2.24, 2.45) is 11.8 Å². The van der Waals surface area contributed by atoms with Crippen molar-refractivity contribution in [1.82, 2.24) is 39.5 Å². The topological polar surface area (TPSA) is 179 Å². The molecule has 2 aliphatic rings. The molecular weight excluding hydrogens is 934 g/mol. The zero-order valence-electron chi connectivity index (χ0n) is 44.0. The molecule has 2 N–H and O–H groups in total. The molecule has 4 aromatic rings. The Kier molecular flexibility index (Phi) is 16.8. The van der Waals surface area contributed by atoms with Gasteiger partial charge in [0.15, 0.2) is 11.6 Å². The monoisotopic (exact) mass is 1010 g/mol. The maximum atomic E-state index is 15.7. The number of fused-ring (bicyclic) bond motifs is 2. The Hall–Kier alpha value is -6.14. The van der Waals surface area contributed by atoms with Crippen LogP contribution in [0, 0.1) is 17.7 Å². The molecule has 0 aliphatic carbocycles. The van der Waals surface area contributed by atoms with E-state index in [0.717, 1.165) is 10.3 Å². The van der Waals surface area contributed by atoms with Gasteiger partial charge in [-0.3, -0.25) is 24.1 Å². The average molecular weight is 1010 g/mol. The van der Waals surface area contributed by atoms with Crippen molar-refractivity contribution in [2.45, 2.75) is 169 Å². The molecule has 0 radical (unpaired) electrons. The predicted octanol–water partition coefficient (Wildman–Crippen LogP) is 8.38. The number of halogens is 3. The van der Waals surface area contributed by atoms with E-state index >= 15 is 8.78 Å². The van der Waals surface area contributed by atoms with Gasteiger partial charge in [-0.25, -0.2) is 27.7 Å². The van der Waals surface area contributed by atoms with E-state index in [1.54, 1.807) is 75.3 Å². The van der Waals surface area contributed by atoms with Crippen LogP contribution in [0.5, 0.6) is 0 Å². The van der Waals surface area contributed by atoms with E-state index in [2.05, 4.69) is 10.3 Å². The van der Waals surface area contributed by atoms with Gasteiger partial charge in [0.1, 0.15) is 41.4 Å². The molecule has 8 atom stereocenters. The number of para-hydroxylation sites is 1. The largest absolute Gasteiger partial charge is 0.444 e. The predicted molar refractivity (Wildman–Crippen MR) is 268 cm³/mol. The number of benzene rings is 2. The zero-order chi connectivity index (χ0) is 53.3. The fourth-order valence-electron chi connectivity index (χ4n) is 9.55. The number of nitrogens with one attached hydrogen (secondary N) is 2. The van der Waals surface area contributed by atoms with Gasteiger partial charge in [0.25, 0.3) is 0 Å². The fraction of sp³-hybridized carbons (Fsp3) is 0.604. The quantitative estimate of drug-likeness (QED) is 0.112. The van der Waals surface area contributed by atoms with Crippen molar-refractivity contribution in [1.29, 1.82) is 0 Å². The lowest BCUT2D eigenvalue weighted by molar-refractivity contribution is -0.139. The van der Waals surface area contributed by atoms with E-state index < -0.39 is 95.4 Å². The van der Waals surface area contributed by atoms with E-state index in [1.165, 1.54) is 47.9 Å². The maximum Gasteiger partial charge on any atom is 0.410 e. The Morgan fingerprint density at radius 2 is 1.39 bits per heavy atom. The second-order valence-corrected chi connectivity index (χ2v) is 21.9. The minimum absolute atomic E-state index is 0.0172. The van der Waals surface area contributed by atoms with Crippen LogP contribution in [0.4, 0.5) is 22.8 Å². The summed E-state index contributed by atoms with van der Waals surface area (Å²) in [7, 11) is 2.90. The van der Waals surface area contributed by atoms with Crippen LogP contribution in [0.15, 0.2) is 42.5 Å². The van der Waals surface area contributed by atoms with Gasteiger partial charge >= 0.3 is 12.2 Å². The molecule has 394 valence electrons. The molecule has 72 heavy (non-hydrogen) atoms. The number of alkyl halides is 2. The molecule has 2 fully saturated rings. The highest BCUT2D eigenvalue weighted by Crippen LogP contribution is 2.38. The Balaban J connectivity index is 1.31. The van der Waals surface area contributed by atoms with Gasteiger partial charge in [-0.2, -0.15) is 0 Å². The number of ketones is 1. The molecule has 0 unspecified atom stereocenters. The number of carbonyl (C=O) groups excluding carboxylic acids is 6. The molecule has 2 aliphatic heterocycles. The Morgan fingerprint density at radius 3 is 1.97 bits per heavy atom. The molecule has 2 saturated heterocycles. The summed E-state index contributed by atoms with van der Waals surface area (Å²) in [6.45, 7) is 18.3. The fourth-order valence-corrected chi connectivity index (χ4v) is 9.55. The number of aromatic amines is 1. The molecule has 0 spiro atoms. The summed E-state index contributed by atoms with van der Waals surface area (Å²) >= 11 is 0. The summed E-state index contributed by atoms with van der Waals surface area (Å²) in [6, 6.07) is 7.25. The highest BCUT2D eigenvalue weighted by atomic mass is 19.1. The highest BCUT2D eigenvalue weighted by Gasteiger charge is 2.43. The zero-order valence-corrected chi connectivity index (χ0v) is 44.0. The molecule has 2 aromatic heterocycles. The average Bonchev–Trinajstić information content (AvgIpc) is 4.06. The summed E-state index contributed by atoms with van der Waals surface area (Å²) in [6.07, 6.45) is -3.87. The molecular formula is C53H73F3N8O8. The molecule has 0 bridgehead atoms. The van der Waals surface area contributed by atoms with Crippen LogP contribution in [-0.2, 0) is 41.6 Å². The molecule has 0 saturated carbocycles. The first-order chi connectivity index (χ1) is 33.6. The number of Topliss-reactive ketones (excluding diaryl/α,β-unsaturated/α-hetero) is 1. The minimum atomic E-state index is -1.41. The molecule has 5 amide bonds. The number of likely N-dealkylation sites (tertiary alicyclic amines) is 2. The van der Waals surface area contributed by atoms with Crippen molar-refractivity contribution < 1.29 is 51.4 Å². The number of imidazole rings is 1. The third-order valence-corrected chi connectivity index (χ3v) is 13.8. The number of hydrogen-bond acceptors (Lipinski definition) is 9. The Bertz CT molecular complexity index is 2660. The number of aromatic nitrogens is 3. The lowest BCUT2D eigenvalue weighted by atomic mass is 9.93. The van der Waals surface area contributed by atoms with Crippen LogP contribution in [0.25, 0.3) is 33.5 Å². The van der Waals surface area contributed by atoms with Crippen LogP contribution in [0.3, 0.4) is 0 Å². The van der Waals surface area contributed by atoms with Crippen molar-refractivity contribution in [3.63, 3.8) is 0 Å². The van der Waals surface area contributed by atoms with Gasteiger partial charge in [-0.15, -0.1) is 0 Å². The summed E-state index contributed by atoms with van der Waals surface area (Å²) < 4.78 is 59.1. The van der Waals surface area contributed by atoms with Crippen LogP contribution in [-0.4, -0.2) is 151 Å². The molecule has 16 nitrogen and oxygen atoms in total. The van der Waals surface area contributed by atoms with Gasteiger partial charge in [0.2, 0.25) is 17.7 Å². The third-order valence-electron chi connectivity index (χ3n) is 13.8. The van der Waals surface area contributed by atoms with E-state index in [1.807, 2.05) is 28.8 Å². The smallest absolute Gasteiger partial charge is 0.410 e. The van der Waals surface area contributed by atoms with Crippen LogP contribution >= 0.6 is 0 Å². The number of carbonyl (C=O) groups is 6. The third kappa shape index (κ3) is 12.5. The summed E-state index contributed by atoms with van der Waals surface area (Å²) in [5.41, 5.74) is 1.13. The number of amides is 5. The van der Waals surface area contributed by atoms with Crippen molar-refractivity contribution in [3.05, 3.63) is 53.8 Å². The SMILES string of the molecule is CC[C@H](CC(=O)[C@H](C)N(C)C(=O)OC(C)(C)C)C(=O)N1C[C@@H](F)C[C@H]1Cc1c(-c2nc3cc(F)ccc3n2C[C@@H]2C[C@H](F)CN2C(=O)[C@@H](NC(=O)[C@H](C)N(C)C(=O)OC(C)(C)C)C(C)C)[nH]c2ccccc12. The van der Waals surface area contributed by atoms with Gasteiger partial charge in [0, 0.05) is 68.8 Å². The highest BCUT2D eigenvalue weighted by molar-refractivity contribution is 5.94. The number of nitrogens with zero attached hydrogens (tertiary/aromatic N) is 6. The summed E-state index contributed by atoms with van der Waals surface area (Å²) in [4.78, 5) is 95.7. The van der Waals surface area contributed by atoms with Gasteiger partial charge in [0.05, 0.1) is 41.9 Å². The number of hydrogen-bond donors (Lipinski definition) is 2. The van der Waals surface area contributed by atoms with E-state index in [-0.39, 0.29) is 57.0 Å². The van der Waals surface area contributed by atoms with Crippen molar-refractivity contribution >= 4 is 57.6 Å². The molecule has 4 heterocycles. The van der Waals surface area contributed by atoms with Crippen LogP contribution in [0.2, 0.25) is 0 Å². The van der Waals surface area contributed by atoms with Crippen molar-refractivity contribution in [2.75, 3.05) is 27.2 Å². The lowest BCUT2D eigenvalue weighted by Crippen LogP contribution is -2.57. The number of likely N-dealkylation sites (N-methyl/N-ethyl adjacent to an activating group) is 2. The molecule has 6 rings (SSSR count). The van der Waals surface area contributed by atoms with E-state index in [9.17, 15) is 33.2 Å². The van der Waals surface area contributed by atoms with Crippen LogP contribution < -0.4 is 5.32 Å². The van der Waals surface area contributed by atoms with Crippen molar-refractivity contribution in [3.8, 4) is 11.5 Å². The summed E-state index contributed by atoms with van der Waals surface area (Å²) in [5.74, 6) is -3.24. The minimum Gasteiger partial charge on any atom is -0.444 e. The second-order valence-electron chi connectivity index (χ2n) is 21.9.